The summed E-state index contributed by atoms with van der Waals surface area (Å²) >= 11 is 0. The number of hydrogen-bond acceptors (Lipinski definition) is 4. The number of aryl methyl sites for hydroxylation is 1. The lowest BCUT2D eigenvalue weighted by molar-refractivity contribution is 0.196. The van der Waals surface area contributed by atoms with Gasteiger partial charge in [0.1, 0.15) is 6.61 Å². The molecule has 3 N–H and O–H groups in total. The van der Waals surface area contributed by atoms with Crippen LogP contribution in [-0.2, 0) is 13.0 Å². The van der Waals surface area contributed by atoms with Crippen LogP contribution in [0.1, 0.15) is 24.5 Å². The van der Waals surface area contributed by atoms with Gasteiger partial charge in [-0.25, -0.2) is 4.99 Å². The Balaban J connectivity index is 1.88. The smallest absolute Gasteiger partial charge is 0.191 e. The van der Waals surface area contributed by atoms with Crippen molar-refractivity contribution in [1.82, 2.24) is 10.6 Å². The molecule has 0 fully saturated rings. The van der Waals surface area contributed by atoms with Crippen LogP contribution in [0.3, 0.4) is 0 Å². The van der Waals surface area contributed by atoms with Gasteiger partial charge in [-0.3, -0.25) is 0 Å². The van der Waals surface area contributed by atoms with Crippen molar-refractivity contribution in [3.63, 3.8) is 0 Å². The van der Waals surface area contributed by atoms with E-state index in [1.807, 2.05) is 24.3 Å². The van der Waals surface area contributed by atoms with Crippen LogP contribution in [0.25, 0.3) is 0 Å². The van der Waals surface area contributed by atoms with E-state index >= 15 is 0 Å². The van der Waals surface area contributed by atoms with Gasteiger partial charge in [-0.1, -0.05) is 36.4 Å². The molecule has 0 aliphatic carbocycles. The number of nitrogens with zero attached hydrogens (tertiary/aromatic N) is 1. The van der Waals surface area contributed by atoms with Crippen LogP contribution < -0.4 is 20.1 Å². The summed E-state index contributed by atoms with van der Waals surface area (Å²) < 4.78 is 10.8. The first-order chi connectivity index (χ1) is 13.8. The maximum absolute atomic E-state index is 8.90. The minimum atomic E-state index is -0.0306. The van der Waals surface area contributed by atoms with Crippen molar-refractivity contribution in [3.05, 3.63) is 59.7 Å². The van der Waals surface area contributed by atoms with Crippen molar-refractivity contribution >= 4 is 5.96 Å². The van der Waals surface area contributed by atoms with Crippen LogP contribution in [0.5, 0.6) is 11.5 Å². The number of rotatable bonds is 11. The van der Waals surface area contributed by atoms with Gasteiger partial charge in [0.25, 0.3) is 0 Å². The molecule has 0 saturated heterocycles. The van der Waals surface area contributed by atoms with Gasteiger partial charge in [0.2, 0.25) is 0 Å². The highest BCUT2D eigenvalue weighted by molar-refractivity contribution is 5.79. The number of methoxy groups -OCH3 is 1. The average molecular weight is 386 g/mol. The van der Waals surface area contributed by atoms with Crippen molar-refractivity contribution in [2.75, 3.05) is 33.4 Å². The number of hydrogen-bond donors (Lipinski definition) is 3. The Morgan fingerprint density at radius 3 is 2.57 bits per heavy atom. The monoisotopic (exact) mass is 385 g/mol. The SMILES string of the molecule is CCNC(=NCc1ccc(OCCO)c(OC)c1)NCCCc1ccccc1. The Morgan fingerprint density at radius 1 is 1.04 bits per heavy atom. The molecule has 6 heteroatoms. The maximum Gasteiger partial charge on any atom is 0.191 e. The fourth-order valence-corrected chi connectivity index (χ4v) is 2.74. The Morgan fingerprint density at radius 2 is 1.86 bits per heavy atom. The summed E-state index contributed by atoms with van der Waals surface area (Å²) in [7, 11) is 1.60. The van der Waals surface area contributed by atoms with Gasteiger partial charge in [0.05, 0.1) is 20.3 Å². The van der Waals surface area contributed by atoms with E-state index in [9.17, 15) is 0 Å². The second-order valence-corrected chi connectivity index (χ2v) is 6.27. The third kappa shape index (κ3) is 7.48. The summed E-state index contributed by atoms with van der Waals surface area (Å²) in [5, 5.41) is 15.6. The first kappa shape index (κ1) is 21.6. The van der Waals surface area contributed by atoms with Crippen LogP contribution in [0, 0.1) is 0 Å². The molecule has 152 valence electrons. The zero-order valence-electron chi connectivity index (χ0n) is 16.8. The van der Waals surface area contributed by atoms with Crippen molar-refractivity contribution in [2.45, 2.75) is 26.3 Å². The van der Waals surface area contributed by atoms with Gasteiger partial charge in [-0.05, 0) is 43.0 Å². The van der Waals surface area contributed by atoms with Crippen molar-refractivity contribution in [3.8, 4) is 11.5 Å². The Bertz CT molecular complexity index is 720. The molecular formula is C22H31N3O3. The summed E-state index contributed by atoms with van der Waals surface area (Å²) in [6.45, 7) is 4.46. The molecule has 0 spiro atoms. The zero-order valence-corrected chi connectivity index (χ0v) is 16.8. The Labute approximate surface area is 167 Å². The zero-order chi connectivity index (χ0) is 20.0. The summed E-state index contributed by atoms with van der Waals surface area (Å²) in [4.78, 5) is 4.65. The quantitative estimate of drug-likeness (QED) is 0.315. The van der Waals surface area contributed by atoms with Crippen LogP contribution >= 0.6 is 0 Å². The minimum Gasteiger partial charge on any atom is -0.493 e. The topological polar surface area (TPSA) is 75.1 Å². The Hall–Kier alpha value is -2.73. The fourth-order valence-electron chi connectivity index (χ4n) is 2.74. The molecule has 0 aliphatic heterocycles. The van der Waals surface area contributed by atoms with Gasteiger partial charge in [-0.15, -0.1) is 0 Å². The molecule has 0 radical (unpaired) electrons. The number of aliphatic hydroxyl groups is 1. The summed E-state index contributed by atoms with van der Waals surface area (Å²) in [6, 6.07) is 16.2. The van der Waals surface area contributed by atoms with Crippen LogP contribution in [0.4, 0.5) is 0 Å². The number of nitrogens with one attached hydrogen (secondary N) is 2. The summed E-state index contributed by atoms with van der Waals surface area (Å²) in [5.41, 5.74) is 2.37. The van der Waals surface area contributed by atoms with Crippen molar-refractivity contribution in [1.29, 1.82) is 0 Å². The van der Waals surface area contributed by atoms with Gasteiger partial charge < -0.3 is 25.2 Å². The van der Waals surface area contributed by atoms with Crippen LogP contribution in [-0.4, -0.2) is 44.5 Å². The van der Waals surface area contributed by atoms with Crippen molar-refractivity contribution in [2.24, 2.45) is 4.99 Å². The predicted octanol–water partition coefficient (Wildman–Crippen LogP) is 2.75. The Kier molecular flexibility index (Phi) is 9.72. The lowest BCUT2D eigenvalue weighted by Crippen LogP contribution is -2.37. The molecule has 0 atom stereocenters. The molecule has 2 aromatic carbocycles. The highest BCUT2D eigenvalue weighted by atomic mass is 16.5. The van der Waals surface area contributed by atoms with Gasteiger partial charge in [0.15, 0.2) is 17.5 Å². The average Bonchev–Trinajstić information content (AvgIpc) is 2.74. The second-order valence-electron chi connectivity index (χ2n) is 6.27. The molecule has 2 aromatic rings. The minimum absolute atomic E-state index is 0.0306. The van der Waals surface area contributed by atoms with Crippen LogP contribution in [0.15, 0.2) is 53.5 Å². The van der Waals surface area contributed by atoms with Gasteiger partial charge in [-0.2, -0.15) is 0 Å². The molecule has 6 nitrogen and oxygen atoms in total. The fraction of sp³-hybridized carbons (Fsp3) is 0.409. The van der Waals surface area contributed by atoms with E-state index in [0.29, 0.717) is 18.0 Å². The first-order valence-corrected chi connectivity index (χ1v) is 9.73. The van der Waals surface area contributed by atoms with E-state index in [2.05, 4.69) is 46.8 Å². The number of aliphatic hydroxyl groups excluding tert-OH is 1. The van der Waals surface area contributed by atoms with Crippen LogP contribution in [0.2, 0.25) is 0 Å². The molecule has 0 unspecified atom stereocenters. The van der Waals surface area contributed by atoms with E-state index < -0.39 is 0 Å². The van der Waals surface area contributed by atoms with E-state index in [0.717, 1.165) is 37.5 Å². The second kappa shape index (κ2) is 12.6. The van der Waals surface area contributed by atoms with Crippen molar-refractivity contribution < 1.29 is 14.6 Å². The number of guanidine groups is 1. The van der Waals surface area contributed by atoms with Gasteiger partial charge >= 0.3 is 0 Å². The summed E-state index contributed by atoms with van der Waals surface area (Å²) in [5.74, 6) is 2.06. The van der Waals surface area contributed by atoms with E-state index in [-0.39, 0.29) is 13.2 Å². The number of benzene rings is 2. The molecule has 0 heterocycles. The molecule has 0 saturated carbocycles. The van der Waals surface area contributed by atoms with E-state index in [1.54, 1.807) is 7.11 Å². The van der Waals surface area contributed by atoms with Gasteiger partial charge in [0, 0.05) is 13.1 Å². The highest BCUT2D eigenvalue weighted by Gasteiger charge is 2.06. The predicted molar refractivity (Wildman–Crippen MR) is 113 cm³/mol. The molecule has 0 aromatic heterocycles. The normalized spacial score (nSPS) is 11.2. The third-order valence-corrected chi connectivity index (χ3v) is 4.12. The molecule has 2 rings (SSSR count). The lowest BCUT2D eigenvalue weighted by Gasteiger charge is -2.13. The first-order valence-electron chi connectivity index (χ1n) is 9.73. The molecule has 0 bridgehead atoms. The standard InChI is InChI=1S/C22H31N3O3/c1-3-23-22(24-13-7-10-18-8-5-4-6-9-18)25-17-19-11-12-20(28-15-14-26)21(16-19)27-2/h4-6,8-9,11-12,16,26H,3,7,10,13-15,17H2,1-2H3,(H2,23,24,25). The van der Waals surface area contributed by atoms with E-state index in [1.165, 1.54) is 5.56 Å². The maximum atomic E-state index is 8.90. The largest absolute Gasteiger partial charge is 0.493 e. The molecular weight excluding hydrogens is 354 g/mol. The molecule has 28 heavy (non-hydrogen) atoms. The van der Waals surface area contributed by atoms with E-state index in [4.69, 9.17) is 14.6 Å². The number of ether oxygens (including phenoxy) is 2. The number of aliphatic imine (C=N–C) groups is 1. The lowest BCUT2D eigenvalue weighted by atomic mass is 10.1. The molecule has 0 amide bonds. The summed E-state index contributed by atoms with van der Waals surface area (Å²) in [6.07, 6.45) is 2.08. The molecule has 0 aliphatic rings. The highest BCUT2D eigenvalue weighted by Crippen LogP contribution is 2.28. The third-order valence-electron chi connectivity index (χ3n) is 4.12.